The lowest BCUT2D eigenvalue weighted by Gasteiger charge is -2.48. The lowest BCUT2D eigenvalue weighted by atomic mass is 9.96. The van der Waals surface area contributed by atoms with E-state index in [1.165, 1.54) is 6.26 Å². The monoisotopic (exact) mass is 394 g/mol. The zero-order chi connectivity index (χ0) is 20.6. The van der Waals surface area contributed by atoms with Crippen LogP contribution >= 0.6 is 0 Å². The van der Waals surface area contributed by atoms with Crippen LogP contribution in [-0.2, 0) is 6.61 Å². The fraction of sp³-hybridized carbons (Fsp3) is 0.409. The molecule has 1 aliphatic heterocycles. The van der Waals surface area contributed by atoms with E-state index in [1.54, 1.807) is 12.4 Å². The molecule has 152 valence electrons. The van der Waals surface area contributed by atoms with Gasteiger partial charge in [-0.2, -0.15) is 0 Å². The van der Waals surface area contributed by atoms with E-state index in [-0.39, 0.29) is 24.1 Å². The van der Waals surface area contributed by atoms with Crippen LogP contribution in [0.25, 0.3) is 10.8 Å². The molecule has 1 amide bonds. The van der Waals surface area contributed by atoms with Gasteiger partial charge >= 0.3 is 0 Å². The number of hydrogen-bond acceptors (Lipinski definition) is 6. The maximum atomic E-state index is 13.0. The van der Waals surface area contributed by atoms with E-state index in [0.29, 0.717) is 18.1 Å². The van der Waals surface area contributed by atoms with E-state index in [1.807, 2.05) is 29.2 Å². The molecule has 2 aromatic heterocycles. The molecule has 3 heterocycles. The van der Waals surface area contributed by atoms with Crippen LogP contribution in [0.1, 0.15) is 37.2 Å². The molecule has 1 saturated heterocycles. The predicted octanol–water partition coefficient (Wildman–Crippen LogP) is 3.36. The number of piperazine rings is 1. The van der Waals surface area contributed by atoms with Gasteiger partial charge in [0.2, 0.25) is 5.89 Å². The Morgan fingerprint density at radius 2 is 2.17 bits per heavy atom. The molecule has 0 radical (unpaired) electrons. The molecule has 0 N–H and O–H groups in total. The summed E-state index contributed by atoms with van der Waals surface area (Å²) in [6.07, 6.45) is 4.95. The Morgan fingerprint density at radius 1 is 1.34 bits per heavy atom. The smallest absolute Gasteiger partial charge is 0.276 e. The van der Waals surface area contributed by atoms with Crippen molar-refractivity contribution >= 4 is 16.7 Å². The number of carbonyl (C=O) groups is 1. The largest absolute Gasteiger partial charge is 0.483 e. The first-order valence-corrected chi connectivity index (χ1v) is 9.77. The number of oxazole rings is 1. The Labute approximate surface area is 170 Å². The first-order chi connectivity index (χ1) is 13.8. The van der Waals surface area contributed by atoms with E-state index in [0.717, 1.165) is 23.1 Å². The molecule has 1 aromatic carbocycles. The van der Waals surface area contributed by atoms with Gasteiger partial charge in [0.05, 0.1) is 0 Å². The third-order valence-electron chi connectivity index (χ3n) is 5.68. The number of ether oxygens (including phenoxy) is 1. The maximum Gasteiger partial charge on any atom is 0.276 e. The summed E-state index contributed by atoms with van der Waals surface area (Å²) in [7, 11) is 2.09. The molecule has 0 unspecified atom stereocenters. The minimum absolute atomic E-state index is 0.0823. The minimum Gasteiger partial charge on any atom is -0.483 e. The Bertz CT molecular complexity index is 1020. The molecule has 0 spiro atoms. The van der Waals surface area contributed by atoms with Crippen molar-refractivity contribution in [2.45, 2.75) is 39.0 Å². The SMILES string of the molecule is C[C@H]1CN(C)C(C)(C)CN1C(=O)c1coc(COc2cccc3cnccc23)n1. The van der Waals surface area contributed by atoms with Crippen molar-refractivity contribution in [1.82, 2.24) is 19.8 Å². The van der Waals surface area contributed by atoms with Crippen LogP contribution in [-0.4, -0.2) is 57.4 Å². The molecule has 1 fully saturated rings. The van der Waals surface area contributed by atoms with Crippen molar-refractivity contribution in [3.05, 3.63) is 54.5 Å². The van der Waals surface area contributed by atoms with Gasteiger partial charge in [-0.05, 0) is 40.0 Å². The summed E-state index contributed by atoms with van der Waals surface area (Å²) in [4.78, 5) is 25.7. The number of carbonyl (C=O) groups excluding carboxylic acids is 1. The topological polar surface area (TPSA) is 71.7 Å². The summed E-state index contributed by atoms with van der Waals surface area (Å²) in [5.74, 6) is 0.996. The van der Waals surface area contributed by atoms with Gasteiger partial charge in [-0.15, -0.1) is 0 Å². The van der Waals surface area contributed by atoms with Crippen LogP contribution in [0, 0.1) is 0 Å². The highest BCUT2D eigenvalue weighted by Gasteiger charge is 2.38. The van der Waals surface area contributed by atoms with Gasteiger partial charge in [-0.25, -0.2) is 4.98 Å². The number of benzene rings is 1. The highest BCUT2D eigenvalue weighted by Crippen LogP contribution is 2.26. The van der Waals surface area contributed by atoms with Crippen molar-refractivity contribution in [1.29, 1.82) is 0 Å². The highest BCUT2D eigenvalue weighted by atomic mass is 16.5. The second kappa shape index (κ2) is 7.48. The predicted molar refractivity (Wildman–Crippen MR) is 110 cm³/mol. The van der Waals surface area contributed by atoms with E-state index in [4.69, 9.17) is 9.15 Å². The van der Waals surface area contributed by atoms with Gasteiger partial charge in [-0.1, -0.05) is 12.1 Å². The van der Waals surface area contributed by atoms with Crippen molar-refractivity contribution in [2.75, 3.05) is 20.1 Å². The number of likely N-dealkylation sites (N-methyl/N-ethyl adjacent to an activating group) is 1. The number of aromatic nitrogens is 2. The van der Waals surface area contributed by atoms with Crippen molar-refractivity contribution in [2.24, 2.45) is 0 Å². The molecule has 0 bridgehead atoms. The van der Waals surface area contributed by atoms with Crippen LogP contribution in [0.4, 0.5) is 0 Å². The highest BCUT2D eigenvalue weighted by molar-refractivity contribution is 5.92. The van der Waals surface area contributed by atoms with Gasteiger partial charge in [0.15, 0.2) is 12.3 Å². The number of hydrogen-bond donors (Lipinski definition) is 0. The third-order valence-corrected chi connectivity index (χ3v) is 5.68. The molecule has 4 rings (SSSR count). The number of rotatable bonds is 4. The zero-order valence-electron chi connectivity index (χ0n) is 17.3. The molecule has 1 aliphatic rings. The van der Waals surface area contributed by atoms with E-state index >= 15 is 0 Å². The fourth-order valence-electron chi connectivity index (χ4n) is 3.69. The molecule has 29 heavy (non-hydrogen) atoms. The summed E-state index contributed by atoms with van der Waals surface area (Å²) in [6.45, 7) is 7.96. The van der Waals surface area contributed by atoms with E-state index in [2.05, 4.69) is 42.7 Å². The van der Waals surface area contributed by atoms with E-state index in [9.17, 15) is 4.79 Å². The van der Waals surface area contributed by atoms with Gasteiger partial charge in [0, 0.05) is 47.8 Å². The Balaban J connectivity index is 1.46. The molecule has 0 aliphatic carbocycles. The van der Waals surface area contributed by atoms with Crippen molar-refractivity contribution in [3.8, 4) is 5.75 Å². The summed E-state index contributed by atoms with van der Waals surface area (Å²) in [5.41, 5.74) is 0.235. The molecular formula is C22H26N4O3. The first kappa shape index (κ1) is 19.4. The fourth-order valence-corrected chi connectivity index (χ4v) is 3.69. The van der Waals surface area contributed by atoms with Gasteiger partial charge < -0.3 is 14.1 Å². The lowest BCUT2D eigenvalue weighted by Crippen LogP contribution is -2.62. The van der Waals surface area contributed by atoms with Crippen LogP contribution < -0.4 is 4.74 Å². The van der Waals surface area contributed by atoms with Crippen molar-refractivity contribution in [3.63, 3.8) is 0 Å². The average Bonchev–Trinajstić information content (AvgIpc) is 3.18. The zero-order valence-corrected chi connectivity index (χ0v) is 17.3. The minimum atomic E-state index is -0.107. The lowest BCUT2D eigenvalue weighted by molar-refractivity contribution is 0.00756. The number of pyridine rings is 1. The average molecular weight is 394 g/mol. The summed E-state index contributed by atoms with van der Waals surface area (Å²) >= 11 is 0. The van der Waals surface area contributed by atoms with Gasteiger partial charge in [0.1, 0.15) is 12.0 Å². The van der Waals surface area contributed by atoms with Crippen LogP contribution in [0.15, 0.2) is 47.3 Å². The summed E-state index contributed by atoms with van der Waals surface area (Å²) in [6, 6.07) is 7.81. The van der Waals surface area contributed by atoms with Crippen LogP contribution in [0.2, 0.25) is 0 Å². The second-order valence-corrected chi connectivity index (χ2v) is 8.24. The molecule has 3 aromatic rings. The van der Waals surface area contributed by atoms with Gasteiger partial charge in [0.25, 0.3) is 5.91 Å². The number of fused-ring (bicyclic) bond motifs is 1. The second-order valence-electron chi connectivity index (χ2n) is 8.24. The third kappa shape index (κ3) is 3.82. The van der Waals surface area contributed by atoms with Crippen molar-refractivity contribution < 1.29 is 13.9 Å². The van der Waals surface area contributed by atoms with E-state index < -0.39 is 0 Å². The number of amides is 1. The standard InChI is InChI=1S/C22H26N4O3/c1-15-11-25(4)22(2,3)14-26(15)21(27)18-12-29-20(24-18)13-28-19-7-5-6-16-10-23-9-8-17(16)19/h5-10,12,15H,11,13-14H2,1-4H3/t15-/m0/s1. The first-order valence-electron chi connectivity index (χ1n) is 9.77. The molecule has 0 saturated carbocycles. The summed E-state index contributed by atoms with van der Waals surface area (Å²) in [5, 5.41) is 1.97. The molecule has 7 heteroatoms. The molecule has 1 atom stereocenters. The Morgan fingerprint density at radius 3 is 3.00 bits per heavy atom. The Kier molecular flexibility index (Phi) is 5.00. The van der Waals surface area contributed by atoms with Crippen LogP contribution in [0.5, 0.6) is 5.75 Å². The maximum absolute atomic E-state index is 13.0. The quantitative estimate of drug-likeness (QED) is 0.676. The van der Waals surface area contributed by atoms with Gasteiger partial charge in [-0.3, -0.25) is 14.7 Å². The summed E-state index contributed by atoms with van der Waals surface area (Å²) < 4.78 is 11.4. The number of nitrogens with zero attached hydrogens (tertiary/aromatic N) is 4. The normalized spacial score (nSPS) is 19.4. The Hall–Kier alpha value is -2.93. The van der Waals surface area contributed by atoms with Crippen LogP contribution in [0.3, 0.4) is 0 Å². The molecule has 7 nitrogen and oxygen atoms in total. The molecular weight excluding hydrogens is 368 g/mol.